The molecule has 0 bridgehead atoms. The van der Waals surface area contributed by atoms with E-state index in [0.29, 0.717) is 17.5 Å². The Labute approximate surface area is 284 Å². The molecule has 0 spiro atoms. The number of rotatable bonds is 6. The fourth-order valence-electron chi connectivity index (χ4n) is 6.60. The van der Waals surface area contributed by atoms with Crippen molar-refractivity contribution in [3.05, 3.63) is 176 Å². The van der Waals surface area contributed by atoms with E-state index in [-0.39, 0.29) is 0 Å². The number of hydrogen-bond donors (Lipinski definition) is 0. The topological polar surface area (TPSA) is 51.8 Å². The molecule has 0 unspecified atom stereocenters. The van der Waals surface area contributed by atoms with Crippen LogP contribution in [0.4, 0.5) is 0 Å². The molecule has 0 N–H and O–H groups in total. The minimum atomic E-state index is 0.589. The van der Waals surface area contributed by atoms with E-state index in [0.717, 1.165) is 72.0 Å². The predicted molar refractivity (Wildman–Crippen MR) is 200 cm³/mol. The van der Waals surface area contributed by atoms with Crippen molar-refractivity contribution in [1.29, 1.82) is 0 Å². The lowest BCUT2D eigenvalue weighted by Gasteiger charge is -2.11. The van der Waals surface area contributed by atoms with Crippen LogP contribution in [0.2, 0.25) is 0 Å². The molecule has 230 valence electrons. The van der Waals surface area contributed by atoms with Gasteiger partial charge in [0, 0.05) is 27.5 Å². The Hall–Kier alpha value is -6.65. The minimum Gasteiger partial charge on any atom is -0.456 e. The smallest absolute Gasteiger partial charge is 0.164 e. The molecular formula is C45H29N3O. The standard InChI is InChI=1S/C45H29N3O/c1-4-14-30(15-5-1)33-20-10-22-35(28-33)43-46-44(36-23-11-21-34(29-36)31-16-6-2-7-17-31)48-45(47-43)38-25-13-27-40-42(38)41-37(24-12-26-39(41)49-40)32-18-8-3-9-19-32/h1-29H. The molecular weight excluding hydrogens is 599 g/mol. The Morgan fingerprint density at radius 2 is 0.673 bits per heavy atom. The van der Waals surface area contributed by atoms with Gasteiger partial charge in [-0.15, -0.1) is 0 Å². The van der Waals surface area contributed by atoms with Gasteiger partial charge in [0.05, 0.1) is 0 Å². The van der Waals surface area contributed by atoms with Crippen LogP contribution >= 0.6 is 0 Å². The van der Waals surface area contributed by atoms with Crippen LogP contribution in [-0.4, -0.2) is 15.0 Å². The summed E-state index contributed by atoms with van der Waals surface area (Å²) in [5, 5.41) is 2.02. The van der Waals surface area contributed by atoms with Gasteiger partial charge in [-0.1, -0.05) is 152 Å². The molecule has 9 aromatic rings. The molecule has 4 heteroatoms. The molecule has 4 nitrogen and oxygen atoms in total. The van der Waals surface area contributed by atoms with Gasteiger partial charge in [-0.3, -0.25) is 0 Å². The lowest BCUT2D eigenvalue weighted by Crippen LogP contribution is -2.01. The summed E-state index contributed by atoms with van der Waals surface area (Å²) >= 11 is 0. The normalized spacial score (nSPS) is 11.3. The second kappa shape index (κ2) is 12.2. The molecule has 0 atom stereocenters. The molecule has 0 fully saturated rings. The van der Waals surface area contributed by atoms with Crippen LogP contribution in [0.3, 0.4) is 0 Å². The maximum atomic E-state index is 6.46. The van der Waals surface area contributed by atoms with E-state index in [1.54, 1.807) is 0 Å². The predicted octanol–water partition coefficient (Wildman–Crippen LogP) is 11.8. The fourth-order valence-corrected chi connectivity index (χ4v) is 6.60. The van der Waals surface area contributed by atoms with E-state index in [1.807, 2.05) is 42.5 Å². The molecule has 49 heavy (non-hydrogen) atoms. The van der Waals surface area contributed by atoms with Crippen LogP contribution in [0.5, 0.6) is 0 Å². The second-order valence-corrected chi connectivity index (χ2v) is 12.0. The van der Waals surface area contributed by atoms with Gasteiger partial charge >= 0.3 is 0 Å². The average Bonchev–Trinajstić information content (AvgIpc) is 3.58. The summed E-state index contributed by atoms with van der Waals surface area (Å²) in [4.78, 5) is 15.5. The first kappa shape index (κ1) is 28.6. The maximum Gasteiger partial charge on any atom is 0.164 e. The van der Waals surface area contributed by atoms with Crippen LogP contribution in [0, 0.1) is 0 Å². The largest absolute Gasteiger partial charge is 0.456 e. The van der Waals surface area contributed by atoms with E-state index < -0.39 is 0 Å². The van der Waals surface area contributed by atoms with Gasteiger partial charge in [0.25, 0.3) is 0 Å². The summed E-state index contributed by atoms with van der Waals surface area (Å²) in [5.41, 5.74) is 11.0. The van der Waals surface area contributed by atoms with Gasteiger partial charge < -0.3 is 4.42 Å². The number of aromatic nitrogens is 3. The first-order chi connectivity index (χ1) is 24.3. The second-order valence-electron chi connectivity index (χ2n) is 12.0. The SMILES string of the molecule is c1ccc(-c2cccc(-c3nc(-c4cccc(-c5ccccc5)c4)nc(-c4cccc5oc6cccc(-c7ccccc7)c6c45)n3)c2)cc1. The van der Waals surface area contributed by atoms with Crippen molar-refractivity contribution in [3.63, 3.8) is 0 Å². The highest BCUT2D eigenvalue weighted by atomic mass is 16.3. The molecule has 0 saturated heterocycles. The zero-order valence-corrected chi connectivity index (χ0v) is 26.5. The summed E-state index contributed by atoms with van der Waals surface area (Å²) in [6, 6.07) is 60.3. The molecule has 9 rings (SSSR count). The van der Waals surface area contributed by atoms with Gasteiger partial charge in [0.15, 0.2) is 17.5 Å². The number of furan rings is 1. The third kappa shape index (κ3) is 5.35. The third-order valence-corrected chi connectivity index (χ3v) is 8.94. The Morgan fingerprint density at radius 3 is 1.20 bits per heavy atom. The van der Waals surface area contributed by atoms with Gasteiger partial charge in [-0.25, -0.2) is 15.0 Å². The Bertz CT molecular complexity index is 2490. The molecule has 0 radical (unpaired) electrons. The quantitative estimate of drug-likeness (QED) is 0.184. The molecule has 2 heterocycles. The average molecular weight is 628 g/mol. The summed E-state index contributed by atoms with van der Waals surface area (Å²) in [6.45, 7) is 0. The molecule has 0 amide bonds. The van der Waals surface area contributed by atoms with E-state index in [2.05, 4.69) is 133 Å². The van der Waals surface area contributed by atoms with E-state index in [9.17, 15) is 0 Å². The monoisotopic (exact) mass is 627 g/mol. The molecule has 0 aliphatic carbocycles. The number of benzene rings is 7. The lowest BCUT2D eigenvalue weighted by atomic mass is 9.97. The van der Waals surface area contributed by atoms with Crippen molar-refractivity contribution in [2.75, 3.05) is 0 Å². The maximum absolute atomic E-state index is 6.46. The molecule has 2 aromatic heterocycles. The van der Waals surface area contributed by atoms with Crippen LogP contribution in [0.15, 0.2) is 180 Å². The van der Waals surface area contributed by atoms with Crippen LogP contribution in [-0.2, 0) is 0 Å². The summed E-state index contributed by atoms with van der Waals surface area (Å²) in [6.07, 6.45) is 0. The fraction of sp³-hybridized carbons (Fsp3) is 0. The van der Waals surface area contributed by atoms with E-state index in [1.165, 1.54) is 0 Å². The van der Waals surface area contributed by atoms with E-state index in [4.69, 9.17) is 19.4 Å². The molecule has 0 aliphatic rings. The van der Waals surface area contributed by atoms with Gasteiger partial charge in [0.1, 0.15) is 11.2 Å². The first-order valence-corrected chi connectivity index (χ1v) is 16.4. The lowest BCUT2D eigenvalue weighted by molar-refractivity contribution is 0.669. The van der Waals surface area contributed by atoms with Crippen LogP contribution in [0.1, 0.15) is 0 Å². The zero-order chi connectivity index (χ0) is 32.6. The minimum absolute atomic E-state index is 0.589. The Balaban J connectivity index is 1.29. The van der Waals surface area contributed by atoms with Crippen molar-refractivity contribution in [2.45, 2.75) is 0 Å². The highest BCUT2D eigenvalue weighted by molar-refractivity contribution is 6.17. The highest BCUT2D eigenvalue weighted by Gasteiger charge is 2.20. The van der Waals surface area contributed by atoms with Crippen molar-refractivity contribution < 1.29 is 4.42 Å². The number of nitrogens with zero attached hydrogens (tertiary/aromatic N) is 3. The highest BCUT2D eigenvalue weighted by Crippen LogP contribution is 2.41. The van der Waals surface area contributed by atoms with Crippen molar-refractivity contribution >= 4 is 21.9 Å². The third-order valence-electron chi connectivity index (χ3n) is 8.94. The first-order valence-electron chi connectivity index (χ1n) is 16.4. The summed E-state index contributed by atoms with van der Waals surface area (Å²) < 4.78 is 6.46. The van der Waals surface area contributed by atoms with Crippen molar-refractivity contribution in [3.8, 4) is 67.5 Å². The van der Waals surface area contributed by atoms with Crippen LogP contribution < -0.4 is 0 Å². The van der Waals surface area contributed by atoms with Crippen LogP contribution in [0.25, 0.3) is 89.5 Å². The van der Waals surface area contributed by atoms with Crippen molar-refractivity contribution in [1.82, 2.24) is 15.0 Å². The number of hydrogen-bond acceptors (Lipinski definition) is 4. The summed E-state index contributed by atoms with van der Waals surface area (Å²) in [7, 11) is 0. The van der Waals surface area contributed by atoms with Gasteiger partial charge in [-0.2, -0.15) is 0 Å². The van der Waals surface area contributed by atoms with Gasteiger partial charge in [-0.05, 0) is 57.6 Å². The van der Waals surface area contributed by atoms with Crippen molar-refractivity contribution in [2.24, 2.45) is 0 Å². The van der Waals surface area contributed by atoms with Gasteiger partial charge in [0.2, 0.25) is 0 Å². The zero-order valence-electron chi connectivity index (χ0n) is 26.5. The van der Waals surface area contributed by atoms with E-state index >= 15 is 0 Å². The molecule has 7 aromatic carbocycles. The molecule has 0 saturated carbocycles. The summed E-state index contributed by atoms with van der Waals surface area (Å²) in [5.74, 6) is 1.80. The Kier molecular flexibility index (Phi) is 7.10. The number of fused-ring (bicyclic) bond motifs is 3. The molecule has 0 aliphatic heterocycles. The Morgan fingerprint density at radius 1 is 0.286 bits per heavy atom.